The Balaban J connectivity index is 0.733. The van der Waals surface area contributed by atoms with E-state index >= 15 is 0 Å². The number of piperidine rings is 1. The lowest BCUT2D eigenvalue weighted by Crippen LogP contribution is -2.58. The Hall–Kier alpha value is -6.49. The van der Waals surface area contributed by atoms with Crippen LogP contribution in [0.25, 0.3) is 21.3 Å². The lowest BCUT2D eigenvalue weighted by molar-refractivity contribution is -0.145. The summed E-state index contributed by atoms with van der Waals surface area (Å²) < 4.78 is 46.7. The van der Waals surface area contributed by atoms with Crippen LogP contribution in [-0.2, 0) is 31.9 Å². The quantitative estimate of drug-likeness (QED) is 0.0518. The predicted molar refractivity (Wildman–Crippen MR) is 286 cm³/mol. The topological polar surface area (TPSA) is 225 Å². The van der Waals surface area contributed by atoms with E-state index in [4.69, 9.17) is 4.74 Å². The minimum absolute atomic E-state index is 0.00316. The maximum absolute atomic E-state index is 14.4. The number of benzene rings is 2. The van der Waals surface area contributed by atoms with Gasteiger partial charge in [0.15, 0.2) is 0 Å². The van der Waals surface area contributed by atoms with Gasteiger partial charge in [0.1, 0.15) is 29.2 Å². The molecule has 3 aliphatic rings. The van der Waals surface area contributed by atoms with E-state index in [1.165, 1.54) is 18.1 Å². The van der Waals surface area contributed by atoms with Crippen molar-refractivity contribution < 1.29 is 47.0 Å². The minimum Gasteiger partial charge on any atom is -0.494 e. The molecule has 0 bridgehead atoms. The number of methoxy groups -OCH3 is 1. The number of nitrogens with zero attached hydrogens (tertiary/aromatic N) is 6. The Morgan fingerprint density at radius 2 is 1.64 bits per heavy atom. The van der Waals surface area contributed by atoms with Crippen molar-refractivity contribution in [2.75, 3.05) is 58.2 Å². The number of carbonyl (C=O) groups excluding carboxylic acids is 5. The standard InChI is InChI=1S/C55H70F3N11O7S/c1-33(35-10-12-36(13-11-35)47-34(2)61-32-77-47)62-51(74)43-27-39(70)31-69(43)52(75)48(53(3,4)5)65-49(72)37-14-16-54(17-15-37)18-23-67(24-19-54)46(71)29-60-21-20-59-22-25-68-30-38-26-42(44(76-6)28-41(38)66-68)64-50(73)40-8-7-9-45(63-40)55(56,57)58/h7-13,26,28,30,32-33,37,39,43,48,59-60,70H,14-25,27,29,31H2,1-6H3,(H,62,74)(H,64,73)(H,65,72)/t33-,39+,43-,48+/m0/s1. The number of pyridine rings is 1. The second-order valence-corrected chi connectivity index (χ2v) is 22.6. The van der Waals surface area contributed by atoms with Crippen LogP contribution in [0.4, 0.5) is 18.9 Å². The highest BCUT2D eigenvalue weighted by atomic mass is 32.1. The number of aryl methyl sites for hydroxylation is 1. The maximum Gasteiger partial charge on any atom is 0.433 e. The highest BCUT2D eigenvalue weighted by Crippen LogP contribution is 2.46. The molecule has 2 aromatic carbocycles. The molecule has 8 rings (SSSR count). The number of rotatable bonds is 18. The molecule has 6 N–H and O–H groups in total. The predicted octanol–water partition coefficient (Wildman–Crippen LogP) is 6.49. The van der Waals surface area contributed by atoms with E-state index < -0.39 is 41.4 Å². The first kappa shape index (κ1) is 56.7. The number of likely N-dealkylation sites (tertiary alicyclic amines) is 2. The van der Waals surface area contributed by atoms with Crippen molar-refractivity contribution >= 4 is 57.5 Å². The summed E-state index contributed by atoms with van der Waals surface area (Å²) in [6.07, 6.45) is 1.10. The fourth-order valence-electron chi connectivity index (χ4n) is 10.7. The molecule has 18 nitrogen and oxygen atoms in total. The van der Waals surface area contributed by atoms with Crippen LogP contribution in [0.15, 0.2) is 66.3 Å². The number of aliphatic hydroxyl groups excluding tert-OH is 1. The lowest BCUT2D eigenvalue weighted by atomic mass is 9.65. The second kappa shape index (κ2) is 24.0. The molecule has 3 fully saturated rings. The Labute approximate surface area is 450 Å². The summed E-state index contributed by atoms with van der Waals surface area (Å²) in [4.78, 5) is 80.4. The van der Waals surface area contributed by atoms with Crippen LogP contribution in [0.1, 0.15) is 106 Å². The van der Waals surface area contributed by atoms with E-state index in [0.29, 0.717) is 63.0 Å². The van der Waals surface area contributed by atoms with Crippen molar-refractivity contribution in [2.45, 2.75) is 117 Å². The summed E-state index contributed by atoms with van der Waals surface area (Å²) in [5.41, 5.74) is 3.39. The van der Waals surface area contributed by atoms with Crippen LogP contribution in [0, 0.1) is 23.7 Å². The summed E-state index contributed by atoms with van der Waals surface area (Å²) in [6, 6.07) is 12.2. The number of hydrogen-bond acceptors (Lipinski definition) is 13. The Bertz CT molecular complexity index is 2910. The van der Waals surface area contributed by atoms with Crippen LogP contribution in [0.3, 0.4) is 0 Å². The molecule has 2 saturated heterocycles. The van der Waals surface area contributed by atoms with E-state index in [1.54, 1.807) is 34.3 Å². The summed E-state index contributed by atoms with van der Waals surface area (Å²) in [6.45, 7) is 13.3. The number of fused-ring (bicyclic) bond motifs is 1. The highest BCUT2D eigenvalue weighted by Gasteiger charge is 2.46. The van der Waals surface area contributed by atoms with Crippen molar-refractivity contribution in [2.24, 2.45) is 16.7 Å². The SMILES string of the molecule is COc1cc2nn(CCNCCNCC(=O)N3CCC4(CCC(C(=O)N[C@H](C(=O)N5C[C@H](O)C[C@H]5C(=O)N[C@@H](C)c5ccc(-c6scnc6C)cc5)C(C)(C)C)CC4)CC3)cc2cc1NC(=O)c1cccc(C(F)(F)F)n1. The molecule has 0 unspecified atom stereocenters. The zero-order valence-corrected chi connectivity index (χ0v) is 45.3. The van der Waals surface area contributed by atoms with E-state index in [2.05, 4.69) is 41.7 Å². The van der Waals surface area contributed by atoms with Gasteiger partial charge in [-0.2, -0.15) is 18.3 Å². The van der Waals surface area contributed by atoms with E-state index in [9.17, 15) is 42.3 Å². The number of anilines is 1. The molecule has 3 aromatic heterocycles. The van der Waals surface area contributed by atoms with E-state index in [-0.39, 0.29) is 77.6 Å². The lowest BCUT2D eigenvalue weighted by Gasteiger charge is -2.46. The van der Waals surface area contributed by atoms with E-state index in [0.717, 1.165) is 59.5 Å². The Morgan fingerprint density at radius 1 is 0.922 bits per heavy atom. The van der Waals surface area contributed by atoms with Crippen LogP contribution < -0.4 is 31.3 Å². The number of nitrogens with one attached hydrogen (secondary N) is 5. The first-order valence-corrected chi connectivity index (χ1v) is 27.2. The molecule has 5 aromatic rings. The number of β-amino-alcohol motifs (C(OH)–C–C–N with tert-alkyl or cyclic N) is 1. The van der Waals surface area contributed by atoms with Gasteiger partial charge in [0.05, 0.1) is 59.6 Å². The van der Waals surface area contributed by atoms with Crippen molar-refractivity contribution in [3.05, 3.63) is 88.9 Å². The third-order valence-corrected chi connectivity index (χ3v) is 16.3. The minimum atomic E-state index is -4.69. The fraction of sp³-hybridized carbons (Fsp3) is 0.527. The van der Waals surface area contributed by atoms with Crippen LogP contribution >= 0.6 is 11.3 Å². The van der Waals surface area contributed by atoms with Gasteiger partial charge in [0.2, 0.25) is 23.6 Å². The second-order valence-electron chi connectivity index (χ2n) is 21.8. The molecule has 0 radical (unpaired) electrons. The smallest absolute Gasteiger partial charge is 0.433 e. The molecule has 5 heterocycles. The summed E-state index contributed by atoms with van der Waals surface area (Å²) in [5.74, 6) is -1.69. The van der Waals surface area contributed by atoms with Gasteiger partial charge in [-0.1, -0.05) is 51.1 Å². The molecule has 1 spiro atoms. The largest absolute Gasteiger partial charge is 0.494 e. The third-order valence-electron chi connectivity index (χ3n) is 15.3. The number of ether oxygens (including phenoxy) is 1. The fourth-order valence-corrected chi connectivity index (χ4v) is 11.5. The third kappa shape index (κ3) is 13.8. The Kier molecular flexibility index (Phi) is 17.7. The van der Waals surface area contributed by atoms with Crippen molar-refractivity contribution in [3.8, 4) is 16.2 Å². The van der Waals surface area contributed by atoms with Gasteiger partial charge in [-0.15, -0.1) is 11.3 Å². The number of aliphatic hydroxyl groups is 1. The summed E-state index contributed by atoms with van der Waals surface area (Å²) in [7, 11) is 1.41. The number of carbonyl (C=O) groups is 5. The van der Waals surface area contributed by atoms with Crippen LogP contribution in [0.5, 0.6) is 5.75 Å². The molecule has 22 heteroatoms. The monoisotopic (exact) mass is 1090 g/mol. The zero-order chi connectivity index (χ0) is 55.2. The first-order chi connectivity index (χ1) is 36.6. The average molecular weight is 1090 g/mol. The maximum atomic E-state index is 14.4. The molecule has 414 valence electrons. The Morgan fingerprint density at radius 3 is 2.30 bits per heavy atom. The van der Waals surface area contributed by atoms with E-state index in [1.807, 2.05) is 69.3 Å². The van der Waals surface area contributed by atoms with Crippen molar-refractivity contribution in [1.29, 1.82) is 0 Å². The molecular weight excluding hydrogens is 1020 g/mol. The number of alkyl halides is 3. The van der Waals surface area contributed by atoms with Gasteiger partial charge in [-0.05, 0) is 92.5 Å². The first-order valence-electron chi connectivity index (χ1n) is 26.3. The molecule has 5 amide bonds. The summed E-state index contributed by atoms with van der Waals surface area (Å²) >= 11 is 1.57. The van der Waals surface area contributed by atoms with Crippen molar-refractivity contribution in [1.82, 2.24) is 50.8 Å². The van der Waals surface area contributed by atoms with Gasteiger partial charge in [0, 0.05) is 69.3 Å². The number of halogens is 3. The van der Waals surface area contributed by atoms with Gasteiger partial charge < -0.3 is 46.2 Å². The molecule has 1 aliphatic carbocycles. The highest BCUT2D eigenvalue weighted by molar-refractivity contribution is 7.13. The average Bonchev–Trinajstić information content (AvgIpc) is 4.14. The molecule has 4 atom stereocenters. The van der Waals surface area contributed by atoms with Gasteiger partial charge in [0.25, 0.3) is 5.91 Å². The molecule has 77 heavy (non-hydrogen) atoms. The number of thiazole rings is 1. The van der Waals surface area contributed by atoms with Gasteiger partial charge in [-0.3, -0.25) is 28.7 Å². The van der Waals surface area contributed by atoms with Crippen LogP contribution in [-0.4, -0.2) is 135 Å². The number of aromatic nitrogens is 4. The number of hydrogen-bond donors (Lipinski definition) is 6. The summed E-state index contributed by atoms with van der Waals surface area (Å²) in [5, 5.41) is 31.4. The molecule has 2 aliphatic heterocycles. The number of amides is 5. The normalized spacial score (nSPS) is 18.8. The molecular formula is C55H70F3N11O7S. The van der Waals surface area contributed by atoms with Crippen molar-refractivity contribution in [3.63, 3.8) is 0 Å². The molecule has 1 saturated carbocycles. The van der Waals surface area contributed by atoms with Gasteiger partial charge >= 0.3 is 6.18 Å². The van der Waals surface area contributed by atoms with Gasteiger partial charge in [-0.25, -0.2) is 9.97 Å². The zero-order valence-electron chi connectivity index (χ0n) is 44.5. The van der Waals surface area contributed by atoms with Crippen LogP contribution in [0.2, 0.25) is 0 Å².